The molecule has 0 radical (unpaired) electrons. The van der Waals surface area contributed by atoms with Gasteiger partial charge in [0.2, 0.25) is 0 Å². The van der Waals surface area contributed by atoms with E-state index in [0.29, 0.717) is 25.3 Å². The summed E-state index contributed by atoms with van der Waals surface area (Å²) in [7, 11) is 0. The summed E-state index contributed by atoms with van der Waals surface area (Å²) in [4.78, 5) is 14.3. The van der Waals surface area contributed by atoms with Gasteiger partial charge in [-0.1, -0.05) is 6.07 Å². The second kappa shape index (κ2) is 8.07. The lowest BCUT2D eigenvalue weighted by molar-refractivity contribution is 0.0693. The smallest absolute Gasteiger partial charge is 0.338 e. The summed E-state index contributed by atoms with van der Waals surface area (Å²) >= 11 is 1.46. The molecule has 0 aliphatic rings. The maximum Gasteiger partial charge on any atom is 0.338 e. The van der Waals surface area contributed by atoms with Crippen molar-refractivity contribution in [3.8, 4) is 0 Å². The molecule has 0 aromatic heterocycles. The van der Waals surface area contributed by atoms with Crippen LogP contribution >= 0.6 is 11.8 Å². The van der Waals surface area contributed by atoms with Crippen molar-refractivity contribution in [1.29, 1.82) is 0 Å². The zero-order valence-corrected chi connectivity index (χ0v) is 12.5. The van der Waals surface area contributed by atoms with E-state index in [1.165, 1.54) is 11.8 Å². The van der Waals surface area contributed by atoms with Crippen LogP contribution in [0.2, 0.25) is 0 Å². The van der Waals surface area contributed by atoms with Gasteiger partial charge in [-0.2, -0.15) is 0 Å². The van der Waals surface area contributed by atoms with Crippen molar-refractivity contribution >= 4 is 23.4 Å². The number of likely N-dealkylation sites (N-methyl/N-ethyl adjacent to an activating group) is 1. The SMILES string of the molecule is CCOCCN(CC)c1cccc(SC)c1C(=O)O. The van der Waals surface area contributed by atoms with Gasteiger partial charge in [-0.15, -0.1) is 11.8 Å². The normalized spacial score (nSPS) is 10.5. The lowest BCUT2D eigenvalue weighted by atomic mass is 10.1. The molecule has 0 unspecified atom stereocenters. The molecule has 4 nitrogen and oxygen atoms in total. The van der Waals surface area contributed by atoms with Gasteiger partial charge in [0.25, 0.3) is 0 Å². The molecule has 106 valence electrons. The van der Waals surface area contributed by atoms with Gasteiger partial charge >= 0.3 is 5.97 Å². The van der Waals surface area contributed by atoms with E-state index in [2.05, 4.69) is 0 Å². The summed E-state index contributed by atoms with van der Waals surface area (Å²) < 4.78 is 5.35. The van der Waals surface area contributed by atoms with Crippen LogP contribution in [0.4, 0.5) is 5.69 Å². The van der Waals surface area contributed by atoms with Crippen molar-refractivity contribution in [1.82, 2.24) is 0 Å². The Kier molecular flexibility index (Phi) is 6.73. The molecule has 0 saturated carbocycles. The van der Waals surface area contributed by atoms with E-state index in [9.17, 15) is 9.90 Å². The minimum absolute atomic E-state index is 0.383. The summed E-state index contributed by atoms with van der Waals surface area (Å²) in [6, 6.07) is 5.60. The standard InChI is InChI=1S/C14H21NO3S/c1-4-15(9-10-18-5-2)11-7-6-8-12(19-3)13(11)14(16)17/h6-8H,4-5,9-10H2,1-3H3,(H,16,17). The number of thioether (sulfide) groups is 1. The number of anilines is 1. The van der Waals surface area contributed by atoms with Crippen LogP contribution in [0, 0.1) is 0 Å². The molecule has 0 heterocycles. The maximum absolute atomic E-state index is 11.5. The molecule has 0 spiro atoms. The Morgan fingerprint density at radius 3 is 2.68 bits per heavy atom. The molecule has 0 amide bonds. The molecular formula is C14H21NO3S. The van der Waals surface area contributed by atoms with Crippen molar-refractivity contribution in [2.45, 2.75) is 18.7 Å². The van der Waals surface area contributed by atoms with Crippen LogP contribution in [0.1, 0.15) is 24.2 Å². The number of nitrogens with zero attached hydrogens (tertiary/aromatic N) is 1. The third-order valence-corrected chi connectivity index (χ3v) is 3.65. The second-order valence-corrected chi connectivity index (χ2v) is 4.78. The zero-order valence-electron chi connectivity index (χ0n) is 11.7. The summed E-state index contributed by atoms with van der Waals surface area (Å²) in [6.45, 7) is 6.70. The van der Waals surface area contributed by atoms with E-state index in [1.54, 1.807) is 0 Å². The van der Waals surface area contributed by atoms with E-state index < -0.39 is 5.97 Å². The van der Waals surface area contributed by atoms with Gasteiger partial charge in [0, 0.05) is 24.6 Å². The van der Waals surface area contributed by atoms with Crippen LogP contribution in [0.3, 0.4) is 0 Å². The molecule has 0 atom stereocenters. The number of carbonyl (C=O) groups is 1. The third kappa shape index (κ3) is 4.14. The van der Waals surface area contributed by atoms with E-state index in [-0.39, 0.29) is 0 Å². The van der Waals surface area contributed by atoms with Crippen molar-refractivity contribution in [3.63, 3.8) is 0 Å². The molecule has 1 N–H and O–H groups in total. The minimum atomic E-state index is -0.880. The first-order valence-electron chi connectivity index (χ1n) is 6.38. The van der Waals surface area contributed by atoms with Gasteiger partial charge in [-0.25, -0.2) is 4.79 Å². The van der Waals surface area contributed by atoms with Crippen LogP contribution in [0.15, 0.2) is 23.1 Å². The van der Waals surface area contributed by atoms with Crippen molar-refractivity contribution < 1.29 is 14.6 Å². The minimum Gasteiger partial charge on any atom is -0.478 e. The number of aromatic carboxylic acids is 1. The summed E-state index contributed by atoms with van der Waals surface area (Å²) in [5.74, 6) is -0.880. The largest absolute Gasteiger partial charge is 0.478 e. The molecule has 0 fully saturated rings. The molecule has 1 aromatic carbocycles. The van der Waals surface area contributed by atoms with E-state index >= 15 is 0 Å². The summed E-state index contributed by atoms with van der Waals surface area (Å²) in [5.41, 5.74) is 1.15. The van der Waals surface area contributed by atoms with Crippen molar-refractivity contribution in [2.24, 2.45) is 0 Å². The molecule has 1 rings (SSSR count). The highest BCUT2D eigenvalue weighted by Gasteiger charge is 2.18. The van der Waals surface area contributed by atoms with Crippen LogP contribution in [-0.4, -0.2) is 43.6 Å². The summed E-state index contributed by atoms with van der Waals surface area (Å²) in [5, 5.41) is 9.42. The molecule has 19 heavy (non-hydrogen) atoms. The van der Waals surface area contributed by atoms with Crippen LogP contribution < -0.4 is 4.90 Å². The molecule has 1 aromatic rings. The molecule has 5 heteroatoms. The average molecular weight is 283 g/mol. The quantitative estimate of drug-likeness (QED) is 0.587. The van der Waals surface area contributed by atoms with Crippen LogP contribution in [0.25, 0.3) is 0 Å². The van der Waals surface area contributed by atoms with E-state index in [4.69, 9.17) is 4.74 Å². The first kappa shape index (κ1) is 15.9. The van der Waals surface area contributed by atoms with Crippen LogP contribution in [0.5, 0.6) is 0 Å². The topological polar surface area (TPSA) is 49.8 Å². The van der Waals surface area contributed by atoms with Gasteiger partial charge in [0.15, 0.2) is 0 Å². The van der Waals surface area contributed by atoms with Gasteiger partial charge in [-0.3, -0.25) is 0 Å². The summed E-state index contributed by atoms with van der Waals surface area (Å²) in [6.07, 6.45) is 1.89. The molecule has 0 bridgehead atoms. The number of hydrogen-bond acceptors (Lipinski definition) is 4. The Labute approximate surface area is 118 Å². The Bertz CT molecular complexity index is 423. The molecule has 0 aliphatic heterocycles. The lowest BCUT2D eigenvalue weighted by Crippen LogP contribution is -2.29. The van der Waals surface area contributed by atoms with Gasteiger partial charge in [-0.05, 0) is 32.2 Å². The zero-order chi connectivity index (χ0) is 14.3. The third-order valence-electron chi connectivity index (χ3n) is 2.87. The number of carboxylic acids is 1. The molecule has 0 aliphatic carbocycles. The predicted octanol–water partition coefficient (Wildman–Crippen LogP) is 2.97. The second-order valence-electron chi connectivity index (χ2n) is 3.94. The highest BCUT2D eigenvalue weighted by atomic mass is 32.2. The fourth-order valence-corrected chi connectivity index (χ4v) is 2.55. The number of hydrogen-bond donors (Lipinski definition) is 1. The Hall–Kier alpha value is -1.20. The number of rotatable bonds is 8. The number of benzene rings is 1. The van der Waals surface area contributed by atoms with Gasteiger partial charge in [0.05, 0.1) is 17.9 Å². The number of carboxylic acid groups (broad SMARTS) is 1. The Morgan fingerprint density at radius 2 is 2.16 bits per heavy atom. The van der Waals surface area contributed by atoms with E-state index in [0.717, 1.165) is 17.1 Å². The highest BCUT2D eigenvalue weighted by molar-refractivity contribution is 7.98. The Balaban J connectivity index is 3.05. The molecule has 0 saturated heterocycles. The van der Waals surface area contributed by atoms with Crippen molar-refractivity contribution in [2.75, 3.05) is 37.5 Å². The van der Waals surface area contributed by atoms with E-state index in [1.807, 2.05) is 43.2 Å². The first-order chi connectivity index (χ1) is 9.15. The monoisotopic (exact) mass is 283 g/mol. The lowest BCUT2D eigenvalue weighted by Gasteiger charge is -2.25. The highest BCUT2D eigenvalue weighted by Crippen LogP contribution is 2.29. The van der Waals surface area contributed by atoms with Gasteiger partial charge < -0.3 is 14.7 Å². The fraction of sp³-hybridized carbons (Fsp3) is 0.500. The predicted molar refractivity (Wildman–Crippen MR) is 79.6 cm³/mol. The van der Waals surface area contributed by atoms with Crippen molar-refractivity contribution in [3.05, 3.63) is 23.8 Å². The van der Waals surface area contributed by atoms with Crippen LogP contribution in [-0.2, 0) is 4.74 Å². The van der Waals surface area contributed by atoms with Gasteiger partial charge in [0.1, 0.15) is 0 Å². The Morgan fingerprint density at radius 1 is 1.42 bits per heavy atom. The first-order valence-corrected chi connectivity index (χ1v) is 7.61. The average Bonchev–Trinajstić information content (AvgIpc) is 2.42. The fourth-order valence-electron chi connectivity index (χ4n) is 1.94. The molecular weight excluding hydrogens is 262 g/mol. The maximum atomic E-state index is 11.5. The number of ether oxygens (including phenoxy) is 1.